The van der Waals surface area contributed by atoms with Crippen molar-refractivity contribution in [3.63, 3.8) is 0 Å². The highest BCUT2D eigenvalue weighted by molar-refractivity contribution is 8.18. The van der Waals surface area contributed by atoms with Crippen LogP contribution in [0.3, 0.4) is 0 Å². The van der Waals surface area contributed by atoms with Gasteiger partial charge in [-0.2, -0.15) is 0 Å². The number of hydrogen-bond acceptors (Lipinski definition) is 7. The van der Waals surface area contributed by atoms with Crippen LogP contribution in [0.2, 0.25) is 5.02 Å². The first-order valence-corrected chi connectivity index (χ1v) is 13.6. The summed E-state index contributed by atoms with van der Waals surface area (Å²) in [6, 6.07) is 23.3. The smallest absolute Gasteiger partial charge is 0.343 e. The number of carbonyl (C=O) groups excluding carboxylic acids is 3. The summed E-state index contributed by atoms with van der Waals surface area (Å²) in [6.45, 7) is 2.23. The molecule has 4 aromatic rings. The van der Waals surface area contributed by atoms with E-state index in [4.69, 9.17) is 25.8 Å². The molecule has 0 spiro atoms. The SMILES string of the molecule is CCOc1cc(/C=C2\SC(=O)N(Cc3cccc4ccccc34)C2=O)cc(Cl)c1OC(=O)c1ccc(OC)cc1. The predicted octanol–water partition coefficient (Wildman–Crippen LogP) is 7.36. The van der Waals surface area contributed by atoms with E-state index in [9.17, 15) is 14.4 Å². The Morgan fingerprint density at radius 3 is 2.50 bits per heavy atom. The van der Waals surface area contributed by atoms with Crippen molar-refractivity contribution in [2.45, 2.75) is 13.5 Å². The fourth-order valence-electron chi connectivity index (χ4n) is 4.30. The molecule has 5 rings (SSSR count). The molecule has 1 aliphatic rings. The molecule has 2 amide bonds. The van der Waals surface area contributed by atoms with Gasteiger partial charge < -0.3 is 14.2 Å². The second kappa shape index (κ2) is 11.9. The molecule has 1 saturated heterocycles. The number of ether oxygens (including phenoxy) is 3. The predicted molar refractivity (Wildman–Crippen MR) is 156 cm³/mol. The molecule has 0 aromatic heterocycles. The minimum atomic E-state index is -0.618. The third kappa shape index (κ3) is 5.68. The van der Waals surface area contributed by atoms with Crippen LogP contribution in [0.5, 0.6) is 17.2 Å². The van der Waals surface area contributed by atoms with E-state index in [1.807, 2.05) is 42.5 Å². The second-order valence-corrected chi connectivity index (χ2v) is 10.2. The van der Waals surface area contributed by atoms with Crippen molar-refractivity contribution < 1.29 is 28.6 Å². The van der Waals surface area contributed by atoms with Crippen LogP contribution in [-0.2, 0) is 11.3 Å². The Hall–Kier alpha value is -4.27. The number of rotatable bonds is 8. The molecule has 0 unspecified atom stereocenters. The van der Waals surface area contributed by atoms with Gasteiger partial charge in [0.1, 0.15) is 5.75 Å². The Kier molecular flexibility index (Phi) is 8.09. The average Bonchev–Trinajstić information content (AvgIpc) is 3.22. The topological polar surface area (TPSA) is 82.1 Å². The number of carbonyl (C=O) groups is 3. The number of imide groups is 1. The maximum absolute atomic E-state index is 13.2. The van der Waals surface area contributed by atoms with Crippen molar-refractivity contribution in [3.05, 3.63) is 105 Å². The zero-order valence-electron chi connectivity index (χ0n) is 21.7. The van der Waals surface area contributed by atoms with Crippen molar-refractivity contribution in [1.29, 1.82) is 0 Å². The lowest BCUT2D eigenvalue weighted by molar-refractivity contribution is -0.123. The zero-order chi connectivity index (χ0) is 28.2. The third-order valence-electron chi connectivity index (χ3n) is 6.23. The quantitative estimate of drug-likeness (QED) is 0.124. The zero-order valence-corrected chi connectivity index (χ0v) is 23.3. The molecule has 0 N–H and O–H groups in total. The molecule has 0 bridgehead atoms. The van der Waals surface area contributed by atoms with E-state index < -0.39 is 11.9 Å². The molecular weight excluding hydrogens is 550 g/mol. The van der Waals surface area contributed by atoms with Crippen LogP contribution in [0.1, 0.15) is 28.4 Å². The fourth-order valence-corrected chi connectivity index (χ4v) is 5.40. The molecular formula is C31H24ClNO6S. The molecule has 1 heterocycles. The van der Waals surface area contributed by atoms with Crippen LogP contribution >= 0.6 is 23.4 Å². The van der Waals surface area contributed by atoms with Gasteiger partial charge in [0.15, 0.2) is 11.5 Å². The Bertz CT molecular complexity index is 1640. The highest BCUT2D eigenvalue weighted by Crippen LogP contribution is 2.40. The summed E-state index contributed by atoms with van der Waals surface area (Å²) < 4.78 is 16.4. The van der Waals surface area contributed by atoms with E-state index in [0.717, 1.165) is 28.1 Å². The third-order valence-corrected chi connectivity index (χ3v) is 7.42. The lowest BCUT2D eigenvalue weighted by Gasteiger charge is -2.14. The Labute approximate surface area is 240 Å². The van der Waals surface area contributed by atoms with E-state index in [-0.39, 0.29) is 39.8 Å². The molecule has 0 saturated carbocycles. The number of benzene rings is 4. The normalized spacial score (nSPS) is 14.2. The van der Waals surface area contributed by atoms with Crippen LogP contribution in [0.15, 0.2) is 83.8 Å². The van der Waals surface area contributed by atoms with Crippen LogP contribution < -0.4 is 14.2 Å². The number of thioether (sulfide) groups is 1. The van der Waals surface area contributed by atoms with Gasteiger partial charge in [-0.05, 0) is 83.1 Å². The first-order chi connectivity index (χ1) is 19.4. The number of esters is 1. The summed E-state index contributed by atoms with van der Waals surface area (Å²) >= 11 is 7.38. The van der Waals surface area contributed by atoms with Crippen molar-refractivity contribution in [2.24, 2.45) is 0 Å². The summed E-state index contributed by atoms with van der Waals surface area (Å²) in [5, 5.41) is 1.79. The molecule has 4 aromatic carbocycles. The van der Waals surface area contributed by atoms with Crippen LogP contribution in [0.4, 0.5) is 4.79 Å². The Morgan fingerprint density at radius 1 is 1.00 bits per heavy atom. The van der Waals surface area contributed by atoms with Gasteiger partial charge in [-0.1, -0.05) is 54.1 Å². The van der Waals surface area contributed by atoms with Gasteiger partial charge in [0.25, 0.3) is 11.1 Å². The molecule has 7 nitrogen and oxygen atoms in total. The summed E-state index contributed by atoms with van der Waals surface area (Å²) in [4.78, 5) is 40.3. The van der Waals surface area contributed by atoms with Gasteiger partial charge >= 0.3 is 5.97 Å². The van der Waals surface area contributed by atoms with E-state index in [0.29, 0.717) is 16.9 Å². The lowest BCUT2D eigenvalue weighted by atomic mass is 10.0. The van der Waals surface area contributed by atoms with Gasteiger partial charge in [0.2, 0.25) is 0 Å². The molecule has 0 radical (unpaired) electrons. The minimum Gasteiger partial charge on any atom is -0.497 e. The maximum atomic E-state index is 13.2. The summed E-state index contributed by atoms with van der Waals surface area (Å²) in [5.41, 5.74) is 1.71. The number of fused-ring (bicyclic) bond motifs is 1. The summed E-state index contributed by atoms with van der Waals surface area (Å²) in [5.74, 6) is -0.112. The van der Waals surface area contributed by atoms with Crippen molar-refractivity contribution in [3.8, 4) is 17.2 Å². The standard InChI is InChI=1S/C31H24ClNO6S/c1-3-38-26-16-19(15-25(32)28(26)39-30(35)21-11-13-23(37-2)14-12-21)17-27-29(34)33(31(36)40-27)18-22-9-6-8-20-7-4-5-10-24(20)22/h4-17H,3,18H2,1-2H3/b27-17-. The largest absolute Gasteiger partial charge is 0.497 e. The second-order valence-electron chi connectivity index (χ2n) is 8.79. The summed E-state index contributed by atoms with van der Waals surface area (Å²) in [7, 11) is 1.54. The van der Waals surface area contributed by atoms with Crippen LogP contribution in [0, 0.1) is 0 Å². The van der Waals surface area contributed by atoms with E-state index in [1.165, 1.54) is 12.0 Å². The lowest BCUT2D eigenvalue weighted by Crippen LogP contribution is -2.27. The number of amides is 2. The van der Waals surface area contributed by atoms with Gasteiger partial charge in [-0.25, -0.2) is 4.79 Å². The van der Waals surface area contributed by atoms with Gasteiger partial charge in [0.05, 0.1) is 35.8 Å². The number of nitrogens with zero attached hydrogens (tertiary/aromatic N) is 1. The molecule has 202 valence electrons. The molecule has 0 atom stereocenters. The van der Waals surface area contributed by atoms with E-state index >= 15 is 0 Å². The highest BCUT2D eigenvalue weighted by Gasteiger charge is 2.35. The van der Waals surface area contributed by atoms with Crippen molar-refractivity contribution in [1.82, 2.24) is 4.90 Å². The Morgan fingerprint density at radius 2 is 1.75 bits per heavy atom. The van der Waals surface area contributed by atoms with Gasteiger partial charge in [-0.15, -0.1) is 0 Å². The minimum absolute atomic E-state index is 0.0607. The molecule has 1 fully saturated rings. The first-order valence-electron chi connectivity index (χ1n) is 12.4. The monoisotopic (exact) mass is 573 g/mol. The summed E-state index contributed by atoms with van der Waals surface area (Å²) in [6.07, 6.45) is 1.58. The van der Waals surface area contributed by atoms with Gasteiger partial charge in [0, 0.05) is 0 Å². The van der Waals surface area contributed by atoms with E-state index in [2.05, 4.69) is 0 Å². The van der Waals surface area contributed by atoms with Gasteiger partial charge in [-0.3, -0.25) is 14.5 Å². The van der Waals surface area contributed by atoms with Crippen molar-refractivity contribution >= 4 is 57.3 Å². The number of hydrogen-bond donors (Lipinski definition) is 0. The van der Waals surface area contributed by atoms with E-state index in [1.54, 1.807) is 49.4 Å². The molecule has 9 heteroatoms. The average molecular weight is 574 g/mol. The first kappa shape index (κ1) is 27.3. The molecule has 1 aliphatic heterocycles. The fraction of sp³-hybridized carbons (Fsp3) is 0.129. The molecule has 40 heavy (non-hydrogen) atoms. The van der Waals surface area contributed by atoms with Crippen LogP contribution in [0.25, 0.3) is 16.8 Å². The van der Waals surface area contributed by atoms with Crippen molar-refractivity contribution in [2.75, 3.05) is 13.7 Å². The number of methoxy groups -OCH3 is 1. The van der Waals surface area contributed by atoms with Crippen LogP contribution in [-0.4, -0.2) is 35.7 Å². The maximum Gasteiger partial charge on any atom is 0.343 e. The Balaban J connectivity index is 1.39. The highest BCUT2D eigenvalue weighted by atomic mass is 35.5. The number of halogens is 1. The molecule has 0 aliphatic carbocycles.